The molecular formula is C23H24ClN7O4. The number of carboxylic acid groups (broad SMARTS) is 1. The van der Waals surface area contributed by atoms with Gasteiger partial charge in [-0.05, 0) is 59.0 Å². The minimum atomic E-state index is -1.02. The molecule has 182 valence electrons. The summed E-state index contributed by atoms with van der Waals surface area (Å²) in [5.41, 5.74) is 2.08. The van der Waals surface area contributed by atoms with Gasteiger partial charge in [-0.15, -0.1) is 5.10 Å². The number of anilines is 1. The Labute approximate surface area is 206 Å². The van der Waals surface area contributed by atoms with Crippen LogP contribution in [0.5, 0.6) is 0 Å². The molecule has 35 heavy (non-hydrogen) atoms. The maximum Gasteiger partial charge on any atom is 0.335 e. The molecule has 0 saturated heterocycles. The molecule has 3 N–H and O–H groups in total. The molecule has 2 amide bonds. The second-order valence-corrected chi connectivity index (χ2v) is 8.19. The SMILES string of the molecule is CN(C)C(=O)C[C@@H](CNc1ccc(C(=O)O)cc1)NC(=O)/C=C/c1cc(Cl)ccc1-n1cnnn1. The normalized spacial score (nSPS) is 11.7. The van der Waals surface area contributed by atoms with Crippen LogP contribution in [0.25, 0.3) is 11.8 Å². The molecule has 3 rings (SSSR count). The first kappa shape index (κ1) is 25.4. The summed E-state index contributed by atoms with van der Waals surface area (Å²) < 4.78 is 1.45. The Hall–Kier alpha value is -4.25. The third kappa shape index (κ3) is 7.37. The van der Waals surface area contributed by atoms with Crippen molar-refractivity contribution in [3.8, 4) is 5.69 Å². The molecule has 0 spiro atoms. The van der Waals surface area contributed by atoms with E-state index in [0.717, 1.165) is 0 Å². The minimum absolute atomic E-state index is 0.0693. The summed E-state index contributed by atoms with van der Waals surface area (Å²) in [6.07, 6.45) is 4.42. The Bertz CT molecular complexity index is 1210. The predicted octanol–water partition coefficient (Wildman–Crippen LogP) is 2.10. The van der Waals surface area contributed by atoms with Gasteiger partial charge in [-0.25, -0.2) is 4.79 Å². The van der Waals surface area contributed by atoms with Crippen molar-refractivity contribution in [2.75, 3.05) is 26.0 Å². The molecule has 1 aromatic heterocycles. The topological polar surface area (TPSA) is 142 Å². The summed E-state index contributed by atoms with van der Waals surface area (Å²) in [7, 11) is 3.28. The number of carbonyl (C=O) groups is 3. The first-order valence-electron chi connectivity index (χ1n) is 10.5. The Kier molecular flexibility index (Phi) is 8.52. The minimum Gasteiger partial charge on any atom is -0.478 e. The number of carbonyl (C=O) groups excluding carboxylic acids is 2. The molecule has 12 heteroatoms. The third-order valence-electron chi connectivity index (χ3n) is 4.95. The van der Waals surface area contributed by atoms with Gasteiger partial charge in [0.05, 0.1) is 17.3 Å². The summed E-state index contributed by atoms with van der Waals surface area (Å²) in [5.74, 6) is -1.58. The molecule has 0 radical (unpaired) electrons. The highest BCUT2D eigenvalue weighted by molar-refractivity contribution is 6.30. The number of halogens is 1. The maximum absolute atomic E-state index is 12.7. The zero-order valence-corrected chi connectivity index (χ0v) is 19.8. The van der Waals surface area contributed by atoms with Crippen LogP contribution in [0, 0.1) is 0 Å². The van der Waals surface area contributed by atoms with Gasteiger partial charge < -0.3 is 20.6 Å². The zero-order valence-electron chi connectivity index (χ0n) is 19.1. The van der Waals surface area contributed by atoms with Crippen LogP contribution in [0.15, 0.2) is 54.9 Å². The number of amides is 2. The van der Waals surface area contributed by atoms with Crippen molar-refractivity contribution < 1.29 is 19.5 Å². The van der Waals surface area contributed by atoms with Crippen LogP contribution in [-0.2, 0) is 9.59 Å². The van der Waals surface area contributed by atoms with Crippen molar-refractivity contribution in [1.82, 2.24) is 30.4 Å². The van der Waals surface area contributed by atoms with Gasteiger partial charge in [-0.2, -0.15) is 4.68 Å². The fraction of sp³-hybridized carbons (Fsp3) is 0.217. The monoisotopic (exact) mass is 497 g/mol. The number of carboxylic acids is 1. The fourth-order valence-electron chi connectivity index (χ4n) is 3.09. The third-order valence-corrected chi connectivity index (χ3v) is 5.19. The van der Waals surface area contributed by atoms with E-state index in [-0.39, 0.29) is 24.4 Å². The number of nitrogens with zero attached hydrogens (tertiary/aromatic N) is 5. The molecular weight excluding hydrogens is 474 g/mol. The number of aromatic carboxylic acids is 1. The van der Waals surface area contributed by atoms with E-state index in [0.29, 0.717) is 22.0 Å². The molecule has 1 heterocycles. The number of hydrogen-bond donors (Lipinski definition) is 3. The molecule has 0 aliphatic rings. The van der Waals surface area contributed by atoms with Crippen molar-refractivity contribution in [3.63, 3.8) is 0 Å². The Morgan fingerprint density at radius 2 is 1.91 bits per heavy atom. The zero-order chi connectivity index (χ0) is 25.4. The van der Waals surface area contributed by atoms with Gasteiger partial charge in [-0.1, -0.05) is 11.6 Å². The van der Waals surface area contributed by atoms with Crippen LogP contribution in [-0.4, -0.2) is 74.7 Å². The summed E-state index contributed by atoms with van der Waals surface area (Å²) in [5, 5.41) is 26.6. The van der Waals surface area contributed by atoms with Crippen molar-refractivity contribution in [1.29, 1.82) is 0 Å². The van der Waals surface area contributed by atoms with E-state index in [1.54, 1.807) is 50.5 Å². The van der Waals surface area contributed by atoms with Gasteiger partial charge in [0.2, 0.25) is 11.8 Å². The largest absolute Gasteiger partial charge is 0.478 e. The molecule has 3 aromatic rings. The number of nitrogens with one attached hydrogen (secondary N) is 2. The molecule has 0 fully saturated rings. The van der Waals surface area contributed by atoms with Gasteiger partial charge in [0.25, 0.3) is 0 Å². The van der Waals surface area contributed by atoms with Crippen LogP contribution >= 0.6 is 11.6 Å². The predicted molar refractivity (Wildman–Crippen MR) is 130 cm³/mol. The van der Waals surface area contributed by atoms with E-state index in [2.05, 4.69) is 26.2 Å². The quantitative estimate of drug-likeness (QED) is 0.361. The summed E-state index contributed by atoms with van der Waals surface area (Å²) in [6, 6.07) is 10.8. The molecule has 0 saturated carbocycles. The molecule has 11 nitrogen and oxygen atoms in total. The number of rotatable bonds is 10. The Morgan fingerprint density at radius 3 is 2.54 bits per heavy atom. The standard InChI is InChI=1S/C23H24ClN7O4/c1-30(2)22(33)12-19(13-25-18-7-3-15(4-8-18)23(34)35)27-21(32)10-5-16-11-17(24)6-9-20(16)31-14-26-28-29-31/h3-11,14,19,25H,12-13H2,1-2H3,(H,27,32)(H,34,35)/b10-5+/t19-/m0/s1. The summed E-state index contributed by atoms with van der Waals surface area (Å²) in [4.78, 5) is 37.4. The van der Waals surface area contributed by atoms with Gasteiger partial charge in [0.1, 0.15) is 6.33 Å². The van der Waals surface area contributed by atoms with Crippen molar-refractivity contribution in [3.05, 3.63) is 71.0 Å². The average molecular weight is 498 g/mol. The first-order valence-corrected chi connectivity index (χ1v) is 10.9. The van der Waals surface area contributed by atoms with Crippen LogP contribution in [0.4, 0.5) is 5.69 Å². The van der Waals surface area contributed by atoms with E-state index < -0.39 is 17.9 Å². The van der Waals surface area contributed by atoms with Crippen LogP contribution < -0.4 is 10.6 Å². The Balaban J connectivity index is 1.70. The molecule has 0 aliphatic carbocycles. The molecule has 1 atom stereocenters. The lowest BCUT2D eigenvalue weighted by atomic mass is 10.1. The van der Waals surface area contributed by atoms with E-state index >= 15 is 0 Å². The lowest BCUT2D eigenvalue weighted by Crippen LogP contribution is -2.42. The Morgan fingerprint density at radius 1 is 1.17 bits per heavy atom. The smallest absolute Gasteiger partial charge is 0.335 e. The van der Waals surface area contributed by atoms with E-state index in [1.165, 1.54) is 34.1 Å². The highest BCUT2D eigenvalue weighted by Crippen LogP contribution is 2.20. The van der Waals surface area contributed by atoms with Crippen molar-refractivity contribution >= 4 is 41.1 Å². The highest BCUT2D eigenvalue weighted by atomic mass is 35.5. The summed E-state index contributed by atoms with van der Waals surface area (Å²) in [6.45, 7) is 0.249. The number of benzene rings is 2. The van der Waals surface area contributed by atoms with Crippen LogP contribution in [0.2, 0.25) is 5.02 Å². The van der Waals surface area contributed by atoms with Gasteiger partial charge >= 0.3 is 5.97 Å². The number of tetrazole rings is 1. The second kappa shape index (κ2) is 11.7. The van der Waals surface area contributed by atoms with Gasteiger partial charge in [-0.3, -0.25) is 9.59 Å². The summed E-state index contributed by atoms with van der Waals surface area (Å²) >= 11 is 6.11. The molecule has 0 unspecified atom stereocenters. The molecule has 0 aliphatic heterocycles. The maximum atomic E-state index is 12.7. The average Bonchev–Trinajstić information content (AvgIpc) is 3.36. The number of hydrogen-bond acceptors (Lipinski definition) is 7. The van der Waals surface area contributed by atoms with Gasteiger partial charge in [0, 0.05) is 49.4 Å². The van der Waals surface area contributed by atoms with Crippen molar-refractivity contribution in [2.45, 2.75) is 12.5 Å². The van der Waals surface area contributed by atoms with Gasteiger partial charge in [0.15, 0.2) is 0 Å². The highest BCUT2D eigenvalue weighted by Gasteiger charge is 2.17. The lowest BCUT2D eigenvalue weighted by Gasteiger charge is -2.21. The van der Waals surface area contributed by atoms with E-state index in [9.17, 15) is 14.4 Å². The lowest BCUT2D eigenvalue weighted by molar-refractivity contribution is -0.129. The second-order valence-electron chi connectivity index (χ2n) is 7.75. The molecule has 2 aromatic carbocycles. The number of aromatic nitrogens is 4. The van der Waals surface area contributed by atoms with Crippen molar-refractivity contribution in [2.24, 2.45) is 0 Å². The van der Waals surface area contributed by atoms with Crippen LogP contribution in [0.3, 0.4) is 0 Å². The van der Waals surface area contributed by atoms with E-state index in [1.807, 2.05) is 0 Å². The molecule has 0 bridgehead atoms. The van der Waals surface area contributed by atoms with E-state index in [4.69, 9.17) is 16.7 Å². The first-order chi connectivity index (χ1) is 16.7. The fourth-order valence-corrected chi connectivity index (χ4v) is 3.27. The van der Waals surface area contributed by atoms with Crippen LogP contribution in [0.1, 0.15) is 22.3 Å².